The molecule has 0 bridgehead atoms. The first-order chi connectivity index (χ1) is 8.78. The highest BCUT2D eigenvalue weighted by Crippen LogP contribution is 2.21. The number of nitrogens with zero attached hydrogens (tertiary/aromatic N) is 3. The van der Waals surface area contributed by atoms with Crippen molar-refractivity contribution >= 4 is 22.9 Å². The van der Waals surface area contributed by atoms with E-state index >= 15 is 0 Å². The molecule has 0 spiro atoms. The second-order valence-electron chi connectivity index (χ2n) is 3.87. The zero-order chi connectivity index (χ0) is 13.0. The molecule has 0 aliphatic rings. The Labute approximate surface area is 105 Å². The van der Waals surface area contributed by atoms with E-state index in [0.29, 0.717) is 23.4 Å². The molecule has 0 saturated carbocycles. The second kappa shape index (κ2) is 5.52. The van der Waals surface area contributed by atoms with Gasteiger partial charge < -0.3 is 20.4 Å². The molecular weight excluding hydrogens is 232 g/mol. The zero-order valence-corrected chi connectivity index (χ0v) is 10.9. The Hall–Kier alpha value is -2.05. The molecule has 2 aromatic rings. The van der Waals surface area contributed by atoms with Crippen LogP contribution in [0.5, 0.6) is 6.01 Å². The molecule has 7 heteroatoms. The molecule has 0 aliphatic heterocycles. The standard InChI is InChI=1S/C11H18N6O/c1-4-5-6-13-10-15-8(12-2)7-9(16-10)17-11(14-7)18-3/h4-6H2,1-3H3,(H3,12,13,14,15,16,17). The third-order valence-electron chi connectivity index (χ3n) is 2.57. The van der Waals surface area contributed by atoms with Crippen molar-refractivity contribution in [1.82, 2.24) is 19.9 Å². The van der Waals surface area contributed by atoms with E-state index in [-0.39, 0.29) is 0 Å². The number of unbranched alkanes of at least 4 members (excludes halogenated alkanes) is 1. The van der Waals surface area contributed by atoms with Crippen molar-refractivity contribution in [3.63, 3.8) is 0 Å². The van der Waals surface area contributed by atoms with Crippen LogP contribution in [-0.4, -0.2) is 40.6 Å². The number of aromatic nitrogens is 4. The highest BCUT2D eigenvalue weighted by atomic mass is 16.5. The lowest BCUT2D eigenvalue weighted by Gasteiger charge is -2.06. The summed E-state index contributed by atoms with van der Waals surface area (Å²) >= 11 is 0. The molecule has 0 atom stereocenters. The summed E-state index contributed by atoms with van der Waals surface area (Å²) in [5.41, 5.74) is 1.33. The van der Waals surface area contributed by atoms with Gasteiger partial charge in [-0.25, -0.2) is 0 Å². The van der Waals surface area contributed by atoms with E-state index in [1.54, 1.807) is 7.11 Å². The van der Waals surface area contributed by atoms with Gasteiger partial charge in [-0.1, -0.05) is 13.3 Å². The van der Waals surface area contributed by atoms with Gasteiger partial charge in [-0.05, 0) is 6.42 Å². The number of H-pyrrole nitrogens is 1. The van der Waals surface area contributed by atoms with Crippen molar-refractivity contribution in [2.24, 2.45) is 0 Å². The first kappa shape index (κ1) is 12.4. The van der Waals surface area contributed by atoms with Gasteiger partial charge in [-0.2, -0.15) is 15.0 Å². The number of rotatable bonds is 6. The fourth-order valence-electron chi connectivity index (χ4n) is 1.61. The molecule has 2 aromatic heterocycles. The maximum absolute atomic E-state index is 5.05. The van der Waals surface area contributed by atoms with Crippen LogP contribution < -0.4 is 15.4 Å². The Balaban J connectivity index is 2.32. The number of hydrogen-bond acceptors (Lipinski definition) is 6. The molecule has 7 nitrogen and oxygen atoms in total. The van der Waals surface area contributed by atoms with Gasteiger partial charge in [0.15, 0.2) is 11.5 Å². The average molecular weight is 250 g/mol. The van der Waals surface area contributed by atoms with Crippen molar-refractivity contribution in [1.29, 1.82) is 0 Å². The number of anilines is 2. The van der Waals surface area contributed by atoms with E-state index < -0.39 is 0 Å². The number of hydrogen-bond donors (Lipinski definition) is 3. The summed E-state index contributed by atoms with van der Waals surface area (Å²) in [6.07, 6.45) is 2.21. The molecule has 2 rings (SSSR count). The highest BCUT2D eigenvalue weighted by molar-refractivity contribution is 5.84. The van der Waals surface area contributed by atoms with E-state index in [1.165, 1.54) is 0 Å². The van der Waals surface area contributed by atoms with Gasteiger partial charge in [0.25, 0.3) is 6.01 Å². The number of imidazole rings is 1. The van der Waals surface area contributed by atoms with Gasteiger partial charge in [0, 0.05) is 13.6 Å². The fourth-order valence-corrected chi connectivity index (χ4v) is 1.61. The summed E-state index contributed by atoms with van der Waals surface area (Å²) in [6.45, 7) is 3.00. The van der Waals surface area contributed by atoms with Crippen LogP contribution in [0.3, 0.4) is 0 Å². The third kappa shape index (κ3) is 2.44. The number of ether oxygens (including phenoxy) is 1. The normalized spacial score (nSPS) is 10.6. The van der Waals surface area contributed by atoms with Gasteiger partial charge in [0.05, 0.1) is 7.11 Å². The summed E-state index contributed by atoms with van der Waals surface area (Å²) < 4.78 is 5.05. The maximum atomic E-state index is 5.05. The van der Waals surface area contributed by atoms with Crippen molar-refractivity contribution in [3.05, 3.63) is 0 Å². The molecule has 0 unspecified atom stereocenters. The monoisotopic (exact) mass is 250 g/mol. The van der Waals surface area contributed by atoms with Gasteiger partial charge >= 0.3 is 0 Å². The topological polar surface area (TPSA) is 87.8 Å². The maximum Gasteiger partial charge on any atom is 0.295 e. The number of aromatic amines is 1. The van der Waals surface area contributed by atoms with Crippen LogP contribution in [0.1, 0.15) is 19.8 Å². The fraction of sp³-hybridized carbons (Fsp3) is 0.545. The van der Waals surface area contributed by atoms with Crippen LogP contribution in [0.2, 0.25) is 0 Å². The first-order valence-corrected chi connectivity index (χ1v) is 6.01. The van der Waals surface area contributed by atoms with Crippen LogP contribution in [0.25, 0.3) is 11.2 Å². The Morgan fingerprint density at radius 1 is 1.28 bits per heavy atom. The minimum absolute atomic E-state index is 0.432. The van der Waals surface area contributed by atoms with Crippen molar-refractivity contribution in [2.75, 3.05) is 31.3 Å². The summed E-state index contributed by atoms with van der Waals surface area (Å²) in [5, 5.41) is 6.20. The van der Waals surface area contributed by atoms with E-state index in [2.05, 4.69) is 37.5 Å². The summed E-state index contributed by atoms with van der Waals surface area (Å²) in [5.74, 6) is 1.28. The third-order valence-corrected chi connectivity index (χ3v) is 2.57. The summed E-state index contributed by atoms with van der Waals surface area (Å²) in [6, 6.07) is 0.432. The quantitative estimate of drug-likeness (QED) is 0.675. The van der Waals surface area contributed by atoms with Gasteiger partial charge in [-0.3, -0.25) is 0 Å². The molecule has 18 heavy (non-hydrogen) atoms. The Bertz CT molecular complexity index is 523. The molecule has 0 radical (unpaired) electrons. The molecule has 2 heterocycles. The molecule has 0 saturated heterocycles. The van der Waals surface area contributed by atoms with Gasteiger partial charge in [0.1, 0.15) is 5.52 Å². The SMILES string of the molecule is CCCCNc1nc(NC)c2[nH]c(OC)nc2n1. The van der Waals surface area contributed by atoms with E-state index in [4.69, 9.17) is 4.74 Å². The average Bonchev–Trinajstić information content (AvgIpc) is 2.81. The predicted molar refractivity (Wildman–Crippen MR) is 71.2 cm³/mol. The lowest BCUT2D eigenvalue weighted by Crippen LogP contribution is -2.07. The number of methoxy groups -OCH3 is 1. The van der Waals surface area contributed by atoms with Crippen molar-refractivity contribution in [3.8, 4) is 6.01 Å². The Kier molecular flexibility index (Phi) is 3.81. The second-order valence-corrected chi connectivity index (χ2v) is 3.87. The van der Waals surface area contributed by atoms with Crippen molar-refractivity contribution < 1.29 is 4.74 Å². The lowest BCUT2D eigenvalue weighted by molar-refractivity contribution is 0.386. The van der Waals surface area contributed by atoms with Crippen LogP contribution in [-0.2, 0) is 0 Å². The predicted octanol–water partition coefficient (Wildman–Crippen LogP) is 1.62. The number of fused-ring (bicyclic) bond motifs is 1. The van der Waals surface area contributed by atoms with E-state index in [9.17, 15) is 0 Å². The minimum Gasteiger partial charge on any atom is -0.468 e. The lowest BCUT2D eigenvalue weighted by atomic mass is 10.3. The van der Waals surface area contributed by atoms with Crippen molar-refractivity contribution in [2.45, 2.75) is 19.8 Å². The first-order valence-electron chi connectivity index (χ1n) is 6.01. The molecule has 0 amide bonds. The van der Waals surface area contributed by atoms with E-state index in [1.807, 2.05) is 7.05 Å². The molecule has 0 aliphatic carbocycles. The van der Waals surface area contributed by atoms with Crippen LogP contribution >= 0.6 is 0 Å². The van der Waals surface area contributed by atoms with Crippen LogP contribution in [0.4, 0.5) is 11.8 Å². The molecule has 0 fully saturated rings. The molecule has 3 N–H and O–H groups in total. The van der Waals surface area contributed by atoms with Crippen LogP contribution in [0.15, 0.2) is 0 Å². The highest BCUT2D eigenvalue weighted by Gasteiger charge is 2.11. The number of nitrogens with one attached hydrogen (secondary N) is 3. The summed E-state index contributed by atoms with van der Waals surface area (Å²) in [7, 11) is 3.37. The zero-order valence-electron chi connectivity index (χ0n) is 10.9. The largest absolute Gasteiger partial charge is 0.468 e. The molecule has 98 valence electrons. The van der Waals surface area contributed by atoms with Crippen LogP contribution in [0, 0.1) is 0 Å². The molecular formula is C11H18N6O. The Morgan fingerprint density at radius 2 is 2.11 bits per heavy atom. The van der Waals surface area contributed by atoms with Gasteiger partial charge in [-0.15, -0.1) is 0 Å². The summed E-state index contributed by atoms with van der Waals surface area (Å²) in [4.78, 5) is 15.9. The Morgan fingerprint density at radius 3 is 2.78 bits per heavy atom. The smallest absolute Gasteiger partial charge is 0.295 e. The minimum atomic E-state index is 0.432. The van der Waals surface area contributed by atoms with Gasteiger partial charge in [0.2, 0.25) is 5.95 Å². The van der Waals surface area contributed by atoms with E-state index in [0.717, 1.165) is 24.9 Å². The molecule has 0 aromatic carbocycles.